The summed E-state index contributed by atoms with van der Waals surface area (Å²) in [4.78, 5) is 37.5. The Hall–Kier alpha value is -3.53. The number of amides is 2. The fraction of sp³-hybridized carbons (Fsp3) is 0.120. The molecule has 0 spiro atoms. The number of rotatable bonds is 8. The quantitative estimate of drug-likeness (QED) is 0.176. The number of carbonyl (C=O) groups excluding carboxylic acids is 2. The van der Waals surface area contributed by atoms with Gasteiger partial charge in [-0.05, 0) is 59.3 Å². The first-order valence-electron chi connectivity index (χ1n) is 10.5. The lowest BCUT2D eigenvalue weighted by Gasteiger charge is -2.14. The minimum atomic E-state index is -0.465. The lowest BCUT2D eigenvalue weighted by molar-refractivity contribution is -0.385. The van der Waals surface area contributed by atoms with E-state index in [1.807, 2.05) is 0 Å². The molecule has 0 radical (unpaired) electrons. The topological polar surface area (TPSA) is 99.0 Å². The van der Waals surface area contributed by atoms with Gasteiger partial charge in [0.15, 0.2) is 11.5 Å². The van der Waals surface area contributed by atoms with Crippen molar-refractivity contribution in [2.45, 2.75) is 13.2 Å². The highest BCUT2D eigenvalue weighted by atomic mass is 35.5. The van der Waals surface area contributed by atoms with Gasteiger partial charge in [0, 0.05) is 16.1 Å². The van der Waals surface area contributed by atoms with Gasteiger partial charge in [0.25, 0.3) is 16.8 Å². The zero-order valence-corrected chi connectivity index (χ0v) is 21.1. The van der Waals surface area contributed by atoms with Crippen LogP contribution in [0.25, 0.3) is 6.08 Å². The number of nitrogens with zero attached hydrogens (tertiary/aromatic N) is 2. The van der Waals surface area contributed by atoms with Gasteiger partial charge in [0.2, 0.25) is 0 Å². The zero-order chi connectivity index (χ0) is 25.8. The van der Waals surface area contributed by atoms with Crippen molar-refractivity contribution in [2.24, 2.45) is 0 Å². The van der Waals surface area contributed by atoms with Gasteiger partial charge >= 0.3 is 0 Å². The number of ether oxygens (including phenoxy) is 2. The van der Waals surface area contributed by atoms with E-state index >= 15 is 0 Å². The maximum Gasteiger partial charge on any atom is 0.293 e. The molecule has 0 saturated carbocycles. The van der Waals surface area contributed by atoms with Crippen LogP contribution >= 0.6 is 35.0 Å². The van der Waals surface area contributed by atoms with Gasteiger partial charge < -0.3 is 9.47 Å². The first-order valence-corrected chi connectivity index (χ1v) is 12.1. The average molecular weight is 545 g/mol. The maximum atomic E-state index is 12.9. The fourth-order valence-electron chi connectivity index (χ4n) is 3.47. The van der Waals surface area contributed by atoms with Gasteiger partial charge in [-0.25, -0.2) is 0 Å². The molecule has 36 heavy (non-hydrogen) atoms. The smallest absolute Gasteiger partial charge is 0.293 e. The Labute approximate surface area is 220 Å². The molecule has 3 aromatic carbocycles. The molecular formula is C25H18Cl2N2O6S. The summed E-state index contributed by atoms with van der Waals surface area (Å²) in [5.41, 5.74) is 1.60. The molecule has 184 valence electrons. The van der Waals surface area contributed by atoms with Gasteiger partial charge in [0.05, 0.1) is 29.0 Å². The van der Waals surface area contributed by atoms with Crippen molar-refractivity contribution in [1.29, 1.82) is 0 Å². The Kier molecular flexibility index (Phi) is 7.83. The van der Waals surface area contributed by atoms with E-state index in [1.165, 1.54) is 13.2 Å². The highest BCUT2D eigenvalue weighted by Crippen LogP contribution is 2.36. The van der Waals surface area contributed by atoms with Crippen LogP contribution in [0.3, 0.4) is 0 Å². The highest BCUT2D eigenvalue weighted by Gasteiger charge is 2.35. The number of carbonyl (C=O) groups is 2. The molecule has 1 fully saturated rings. The molecule has 1 aliphatic rings. The molecule has 1 aliphatic heterocycles. The summed E-state index contributed by atoms with van der Waals surface area (Å²) >= 11 is 12.9. The van der Waals surface area contributed by atoms with Crippen LogP contribution in [-0.2, 0) is 17.9 Å². The van der Waals surface area contributed by atoms with Crippen molar-refractivity contribution in [1.82, 2.24) is 4.90 Å². The third-order valence-corrected chi connectivity index (χ3v) is 6.77. The number of para-hydroxylation sites is 1. The van der Waals surface area contributed by atoms with Crippen LogP contribution in [0, 0.1) is 10.1 Å². The van der Waals surface area contributed by atoms with Gasteiger partial charge in [-0.3, -0.25) is 24.6 Å². The monoisotopic (exact) mass is 544 g/mol. The van der Waals surface area contributed by atoms with E-state index in [2.05, 4.69) is 0 Å². The minimum absolute atomic E-state index is 0.0275. The molecule has 0 N–H and O–H groups in total. The van der Waals surface area contributed by atoms with E-state index in [4.69, 9.17) is 32.7 Å². The van der Waals surface area contributed by atoms with Crippen molar-refractivity contribution in [3.05, 3.63) is 102 Å². The second-order valence-corrected chi connectivity index (χ2v) is 9.43. The van der Waals surface area contributed by atoms with E-state index in [0.717, 1.165) is 16.7 Å². The Morgan fingerprint density at radius 1 is 1.03 bits per heavy atom. The molecular weight excluding hydrogens is 527 g/mol. The SMILES string of the molecule is COc1cc(/C=C2\SC(=O)N(Cc3ccc(Cl)cc3Cl)C2=O)ccc1OCc1ccccc1[N+](=O)[O-]. The summed E-state index contributed by atoms with van der Waals surface area (Å²) in [7, 11) is 1.46. The molecule has 8 nitrogen and oxygen atoms in total. The van der Waals surface area contributed by atoms with Gasteiger partial charge in [-0.1, -0.05) is 47.5 Å². The standard InChI is InChI=1S/C25H18Cl2N2O6S/c1-34-22-10-15(6-9-21(22)35-14-17-4-2-3-5-20(17)29(32)33)11-23-24(30)28(25(31)36-23)13-16-7-8-18(26)12-19(16)27/h2-12H,13-14H2,1H3/b23-11-. The molecule has 0 atom stereocenters. The predicted molar refractivity (Wildman–Crippen MR) is 138 cm³/mol. The predicted octanol–water partition coefficient (Wildman–Crippen LogP) is 6.73. The molecule has 0 aromatic heterocycles. The third kappa shape index (κ3) is 5.64. The average Bonchev–Trinajstić information content (AvgIpc) is 3.12. The largest absolute Gasteiger partial charge is 0.493 e. The number of methoxy groups -OCH3 is 1. The molecule has 0 bridgehead atoms. The van der Waals surface area contributed by atoms with Crippen molar-refractivity contribution in [3.63, 3.8) is 0 Å². The first kappa shape index (κ1) is 25.6. The van der Waals surface area contributed by atoms with E-state index in [0.29, 0.717) is 38.2 Å². The van der Waals surface area contributed by atoms with Crippen LogP contribution in [0.2, 0.25) is 10.0 Å². The lowest BCUT2D eigenvalue weighted by atomic mass is 10.1. The fourth-order valence-corrected chi connectivity index (χ4v) is 4.77. The molecule has 1 saturated heterocycles. The van der Waals surface area contributed by atoms with E-state index in [-0.39, 0.29) is 23.7 Å². The number of nitro groups is 1. The Balaban J connectivity index is 1.50. The van der Waals surface area contributed by atoms with E-state index < -0.39 is 16.1 Å². The number of thioether (sulfide) groups is 1. The Morgan fingerprint density at radius 3 is 2.53 bits per heavy atom. The Bertz CT molecular complexity index is 1390. The third-order valence-electron chi connectivity index (χ3n) is 5.27. The number of imide groups is 1. The van der Waals surface area contributed by atoms with Gasteiger partial charge in [-0.2, -0.15) is 0 Å². The summed E-state index contributed by atoms with van der Waals surface area (Å²) in [6.45, 7) is -0.00125. The van der Waals surface area contributed by atoms with E-state index in [9.17, 15) is 19.7 Å². The summed E-state index contributed by atoms with van der Waals surface area (Å²) in [5, 5.41) is 11.6. The second-order valence-electron chi connectivity index (χ2n) is 7.59. The minimum Gasteiger partial charge on any atom is -0.493 e. The van der Waals surface area contributed by atoms with Crippen molar-refractivity contribution < 1.29 is 24.0 Å². The van der Waals surface area contributed by atoms with Crippen LogP contribution in [0.1, 0.15) is 16.7 Å². The van der Waals surface area contributed by atoms with Crippen molar-refractivity contribution >= 4 is 57.9 Å². The number of hydrogen-bond donors (Lipinski definition) is 0. The normalized spacial score (nSPS) is 14.4. The molecule has 0 aliphatic carbocycles. The molecule has 1 heterocycles. The zero-order valence-electron chi connectivity index (χ0n) is 18.8. The van der Waals surface area contributed by atoms with Crippen LogP contribution in [0.4, 0.5) is 10.5 Å². The van der Waals surface area contributed by atoms with E-state index in [1.54, 1.807) is 60.7 Å². The molecule has 11 heteroatoms. The summed E-state index contributed by atoms with van der Waals surface area (Å²) in [5.74, 6) is 0.305. The molecule has 4 rings (SSSR count). The maximum absolute atomic E-state index is 12.9. The molecule has 2 amide bonds. The van der Waals surface area contributed by atoms with Crippen LogP contribution in [0.15, 0.2) is 65.6 Å². The number of halogens is 2. The summed E-state index contributed by atoms with van der Waals surface area (Å²) in [6.07, 6.45) is 1.59. The Morgan fingerprint density at radius 2 is 1.81 bits per heavy atom. The second kappa shape index (κ2) is 11.0. The van der Waals surface area contributed by atoms with Crippen LogP contribution < -0.4 is 9.47 Å². The number of nitro benzene ring substituents is 1. The van der Waals surface area contributed by atoms with Crippen LogP contribution in [-0.4, -0.2) is 28.1 Å². The van der Waals surface area contributed by atoms with Gasteiger partial charge in [-0.15, -0.1) is 0 Å². The lowest BCUT2D eigenvalue weighted by Crippen LogP contribution is -2.27. The van der Waals surface area contributed by atoms with Crippen molar-refractivity contribution in [3.8, 4) is 11.5 Å². The number of benzene rings is 3. The summed E-state index contributed by atoms with van der Waals surface area (Å²) < 4.78 is 11.2. The number of hydrogen-bond acceptors (Lipinski definition) is 7. The van der Waals surface area contributed by atoms with Gasteiger partial charge in [0.1, 0.15) is 6.61 Å². The molecule has 0 unspecified atom stereocenters. The summed E-state index contributed by atoms with van der Waals surface area (Å²) in [6, 6.07) is 16.2. The molecule has 3 aromatic rings. The van der Waals surface area contributed by atoms with Crippen LogP contribution in [0.5, 0.6) is 11.5 Å². The first-order chi connectivity index (χ1) is 17.3. The van der Waals surface area contributed by atoms with Crippen molar-refractivity contribution in [2.75, 3.05) is 7.11 Å². The highest BCUT2D eigenvalue weighted by molar-refractivity contribution is 8.18.